The molecule has 0 spiro atoms. The fraction of sp³-hybridized carbons (Fsp3) is 0.278. The van der Waals surface area contributed by atoms with Crippen molar-refractivity contribution in [3.8, 4) is 5.69 Å². The molecule has 6 heteroatoms. The number of nitrogens with one attached hydrogen (secondary N) is 1. The molecule has 1 aromatic carbocycles. The van der Waals surface area contributed by atoms with Crippen LogP contribution in [0.5, 0.6) is 0 Å². The zero-order valence-electron chi connectivity index (χ0n) is 13.6. The monoisotopic (exact) mass is 327 g/mol. The number of hydrogen-bond donors (Lipinski definition) is 2. The topological polar surface area (TPSA) is 84.2 Å². The van der Waals surface area contributed by atoms with E-state index in [9.17, 15) is 9.59 Å². The molecular formula is C18H21N3O3. The number of benzene rings is 1. The summed E-state index contributed by atoms with van der Waals surface area (Å²) in [5.41, 5.74) is 1.87. The second-order valence-electron chi connectivity index (χ2n) is 5.39. The summed E-state index contributed by atoms with van der Waals surface area (Å²) in [6.45, 7) is 1.81. The number of nitrogens with zero attached hydrogens (tertiary/aromatic N) is 2. The maximum Gasteiger partial charge on any atom is 0.326 e. The van der Waals surface area contributed by atoms with E-state index >= 15 is 0 Å². The van der Waals surface area contributed by atoms with Crippen molar-refractivity contribution in [1.29, 1.82) is 0 Å². The number of carbonyl (C=O) groups excluding carboxylic acids is 1. The van der Waals surface area contributed by atoms with Crippen molar-refractivity contribution < 1.29 is 14.7 Å². The highest BCUT2D eigenvalue weighted by Crippen LogP contribution is 2.09. The number of hydrogen-bond acceptors (Lipinski definition) is 3. The van der Waals surface area contributed by atoms with Crippen LogP contribution in [0.3, 0.4) is 0 Å². The lowest BCUT2D eigenvalue weighted by Crippen LogP contribution is -2.40. The van der Waals surface area contributed by atoms with Crippen LogP contribution in [0.25, 0.3) is 5.69 Å². The molecule has 1 atom stereocenters. The fourth-order valence-corrected chi connectivity index (χ4v) is 2.23. The average Bonchev–Trinajstić information content (AvgIpc) is 3.06. The van der Waals surface area contributed by atoms with Gasteiger partial charge in [-0.25, -0.2) is 9.48 Å². The molecule has 1 amide bonds. The van der Waals surface area contributed by atoms with Crippen molar-refractivity contribution in [2.24, 2.45) is 0 Å². The van der Waals surface area contributed by atoms with Gasteiger partial charge in [0.15, 0.2) is 0 Å². The third kappa shape index (κ3) is 5.08. The maximum atomic E-state index is 11.9. The van der Waals surface area contributed by atoms with E-state index in [1.54, 1.807) is 23.0 Å². The molecule has 0 bridgehead atoms. The minimum Gasteiger partial charge on any atom is -0.480 e. The number of allylic oxidation sites excluding steroid dienone is 1. The maximum absolute atomic E-state index is 11.9. The van der Waals surface area contributed by atoms with Crippen molar-refractivity contribution in [2.75, 3.05) is 0 Å². The van der Waals surface area contributed by atoms with Gasteiger partial charge in [-0.1, -0.05) is 30.4 Å². The van der Waals surface area contributed by atoms with Gasteiger partial charge in [0.25, 0.3) is 0 Å². The molecule has 6 nitrogen and oxygen atoms in total. The lowest BCUT2D eigenvalue weighted by atomic mass is 10.1. The SMILES string of the molecule is C/C=C/CC(NC(=O)CCc1cnn(-c2ccccc2)c1)C(=O)O. The van der Waals surface area contributed by atoms with Crippen LogP contribution in [-0.4, -0.2) is 32.8 Å². The normalized spacial score (nSPS) is 12.2. The Morgan fingerprint density at radius 2 is 2.08 bits per heavy atom. The Balaban J connectivity index is 1.88. The second kappa shape index (κ2) is 8.67. The highest BCUT2D eigenvalue weighted by molar-refractivity contribution is 5.83. The van der Waals surface area contributed by atoms with Crippen LogP contribution in [0.4, 0.5) is 0 Å². The molecule has 0 radical (unpaired) electrons. The van der Waals surface area contributed by atoms with Gasteiger partial charge < -0.3 is 10.4 Å². The average molecular weight is 327 g/mol. The zero-order valence-corrected chi connectivity index (χ0v) is 13.6. The first-order valence-corrected chi connectivity index (χ1v) is 7.82. The highest BCUT2D eigenvalue weighted by atomic mass is 16.4. The summed E-state index contributed by atoms with van der Waals surface area (Å²) in [4.78, 5) is 23.1. The number of para-hydroxylation sites is 1. The van der Waals surface area contributed by atoms with Crippen LogP contribution in [0.2, 0.25) is 0 Å². The van der Waals surface area contributed by atoms with Crippen LogP contribution >= 0.6 is 0 Å². The number of aryl methyl sites for hydroxylation is 1. The molecule has 0 fully saturated rings. The van der Waals surface area contributed by atoms with E-state index < -0.39 is 12.0 Å². The van der Waals surface area contributed by atoms with Gasteiger partial charge in [-0.3, -0.25) is 4.79 Å². The molecule has 0 saturated heterocycles. The molecule has 1 heterocycles. The van der Waals surface area contributed by atoms with Crippen LogP contribution < -0.4 is 5.32 Å². The molecule has 24 heavy (non-hydrogen) atoms. The molecule has 2 N–H and O–H groups in total. The van der Waals surface area contributed by atoms with E-state index in [2.05, 4.69) is 10.4 Å². The highest BCUT2D eigenvalue weighted by Gasteiger charge is 2.18. The first-order chi connectivity index (χ1) is 11.6. The summed E-state index contributed by atoms with van der Waals surface area (Å²) in [5.74, 6) is -1.31. The largest absolute Gasteiger partial charge is 0.480 e. The Morgan fingerprint density at radius 1 is 1.33 bits per heavy atom. The molecule has 126 valence electrons. The molecule has 0 aliphatic rings. The van der Waals surface area contributed by atoms with Crippen LogP contribution in [0, 0.1) is 0 Å². The lowest BCUT2D eigenvalue weighted by Gasteiger charge is -2.12. The third-order valence-corrected chi connectivity index (χ3v) is 3.54. The van der Waals surface area contributed by atoms with Crippen molar-refractivity contribution >= 4 is 11.9 Å². The minimum atomic E-state index is -1.03. The minimum absolute atomic E-state index is 0.222. The van der Waals surface area contributed by atoms with E-state index in [4.69, 9.17) is 5.11 Å². The molecule has 1 aromatic heterocycles. The number of aromatic nitrogens is 2. The predicted molar refractivity (Wildman–Crippen MR) is 90.9 cm³/mol. The standard InChI is InChI=1S/C18H21N3O3/c1-2-3-9-16(18(23)24)20-17(22)11-10-14-12-19-21(13-14)15-7-5-4-6-8-15/h2-8,12-13,16H,9-11H2,1H3,(H,20,22)(H,23,24)/b3-2+. The summed E-state index contributed by atoms with van der Waals surface area (Å²) in [6, 6.07) is 8.80. The van der Waals surface area contributed by atoms with E-state index in [1.807, 2.05) is 43.5 Å². The Bertz CT molecular complexity index is 707. The van der Waals surface area contributed by atoms with Gasteiger partial charge in [0.05, 0.1) is 11.9 Å². The smallest absolute Gasteiger partial charge is 0.326 e. The quantitative estimate of drug-likeness (QED) is 0.729. The van der Waals surface area contributed by atoms with E-state index in [0.717, 1.165) is 11.3 Å². The molecule has 0 saturated carbocycles. The molecular weight excluding hydrogens is 306 g/mol. The van der Waals surface area contributed by atoms with Crippen LogP contribution in [-0.2, 0) is 16.0 Å². The summed E-state index contributed by atoms with van der Waals surface area (Å²) in [6.07, 6.45) is 8.09. The zero-order chi connectivity index (χ0) is 17.4. The molecule has 2 aromatic rings. The first-order valence-electron chi connectivity index (χ1n) is 7.82. The van der Waals surface area contributed by atoms with Gasteiger partial charge in [0, 0.05) is 12.6 Å². The van der Waals surface area contributed by atoms with Gasteiger partial charge >= 0.3 is 5.97 Å². The Hall–Kier alpha value is -2.89. The number of rotatable bonds is 8. The first kappa shape index (κ1) is 17.5. The van der Waals surface area contributed by atoms with Gasteiger partial charge in [0.1, 0.15) is 6.04 Å². The lowest BCUT2D eigenvalue weighted by molar-refractivity contribution is -0.141. The number of carboxylic acid groups (broad SMARTS) is 1. The predicted octanol–water partition coefficient (Wildman–Crippen LogP) is 2.34. The summed E-state index contributed by atoms with van der Waals surface area (Å²) >= 11 is 0. The van der Waals surface area contributed by atoms with Gasteiger partial charge in [0.2, 0.25) is 5.91 Å². The Morgan fingerprint density at radius 3 is 2.75 bits per heavy atom. The van der Waals surface area contributed by atoms with Gasteiger partial charge in [-0.05, 0) is 37.5 Å². The fourth-order valence-electron chi connectivity index (χ4n) is 2.23. The van der Waals surface area contributed by atoms with Crippen molar-refractivity contribution in [1.82, 2.24) is 15.1 Å². The van der Waals surface area contributed by atoms with Crippen LogP contribution in [0.15, 0.2) is 54.9 Å². The number of amides is 1. The van der Waals surface area contributed by atoms with Gasteiger partial charge in [-0.2, -0.15) is 5.10 Å². The van der Waals surface area contributed by atoms with Crippen molar-refractivity contribution in [2.45, 2.75) is 32.2 Å². The van der Waals surface area contributed by atoms with Gasteiger partial charge in [-0.15, -0.1) is 0 Å². The van der Waals surface area contributed by atoms with E-state index in [0.29, 0.717) is 6.42 Å². The number of aliphatic carboxylic acids is 1. The number of carboxylic acids is 1. The van der Waals surface area contributed by atoms with Crippen molar-refractivity contribution in [3.63, 3.8) is 0 Å². The van der Waals surface area contributed by atoms with E-state index in [1.165, 1.54) is 0 Å². The summed E-state index contributed by atoms with van der Waals surface area (Å²) < 4.78 is 1.75. The third-order valence-electron chi connectivity index (χ3n) is 3.54. The molecule has 0 aliphatic heterocycles. The molecule has 0 aliphatic carbocycles. The second-order valence-corrected chi connectivity index (χ2v) is 5.39. The van der Waals surface area contributed by atoms with E-state index in [-0.39, 0.29) is 18.7 Å². The summed E-state index contributed by atoms with van der Waals surface area (Å²) in [5, 5.41) is 15.9. The Kier molecular flexibility index (Phi) is 6.31. The summed E-state index contributed by atoms with van der Waals surface area (Å²) in [7, 11) is 0. The Labute approximate surface area is 140 Å². The van der Waals surface area contributed by atoms with Crippen molar-refractivity contribution in [3.05, 3.63) is 60.4 Å². The molecule has 2 rings (SSSR count). The van der Waals surface area contributed by atoms with Crippen LogP contribution in [0.1, 0.15) is 25.3 Å². The number of carbonyl (C=O) groups is 2. The molecule has 1 unspecified atom stereocenters.